The molecule has 6 heteroatoms. The van der Waals surface area contributed by atoms with Gasteiger partial charge in [0, 0.05) is 6.54 Å². The molecule has 0 fully saturated rings. The molecular weight excluding hydrogens is 224 g/mol. The molecule has 4 N–H and O–H groups in total. The lowest BCUT2D eigenvalue weighted by molar-refractivity contribution is 0.0213. The number of aliphatic hydroxyl groups excluding tert-OH is 2. The Kier molecular flexibility index (Phi) is 5.02. The van der Waals surface area contributed by atoms with Crippen LogP contribution in [0.3, 0.4) is 0 Å². The zero-order valence-electron chi connectivity index (χ0n) is 9.54. The predicted molar refractivity (Wildman–Crippen MR) is 60.2 cm³/mol. The molecule has 1 rings (SSSR count). The SMILES string of the molecule is CCOC(=O)c1cccc(C(O)C(O)CN)n1. The standard InChI is InChI=1S/C11H16N2O4/c1-2-17-11(16)8-5-3-4-7(13-8)10(15)9(14)6-12/h3-5,9-10,14-15H,2,6,12H2,1H3. The number of nitrogens with two attached hydrogens (primary N) is 1. The van der Waals surface area contributed by atoms with E-state index in [0.29, 0.717) is 0 Å². The van der Waals surface area contributed by atoms with Crippen LogP contribution in [-0.4, -0.2) is 40.4 Å². The van der Waals surface area contributed by atoms with Crippen molar-refractivity contribution in [3.8, 4) is 0 Å². The number of hydrogen-bond donors (Lipinski definition) is 3. The third kappa shape index (κ3) is 3.48. The van der Waals surface area contributed by atoms with E-state index >= 15 is 0 Å². The molecule has 94 valence electrons. The summed E-state index contributed by atoms with van der Waals surface area (Å²) in [5.41, 5.74) is 5.51. The molecule has 0 aliphatic heterocycles. The van der Waals surface area contributed by atoms with Crippen molar-refractivity contribution in [2.75, 3.05) is 13.2 Å². The van der Waals surface area contributed by atoms with Crippen LogP contribution >= 0.6 is 0 Å². The second kappa shape index (κ2) is 6.29. The fraction of sp³-hybridized carbons (Fsp3) is 0.455. The fourth-order valence-electron chi connectivity index (χ4n) is 1.26. The summed E-state index contributed by atoms with van der Waals surface area (Å²) in [5.74, 6) is -0.566. The van der Waals surface area contributed by atoms with Crippen molar-refractivity contribution in [3.05, 3.63) is 29.6 Å². The molecular formula is C11H16N2O4. The Morgan fingerprint density at radius 3 is 2.82 bits per heavy atom. The first-order chi connectivity index (χ1) is 8.10. The number of rotatable bonds is 5. The van der Waals surface area contributed by atoms with Gasteiger partial charge >= 0.3 is 5.97 Å². The van der Waals surface area contributed by atoms with E-state index in [1.54, 1.807) is 13.0 Å². The van der Waals surface area contributed by atoms with Crippen LogP contribution in [-0.2, 0) is 4.74 Å². The lowest BCUT2D eigenvalue weighted by atomic mass is 10.1. The van der Waals surface area contributed by atoms with Gasteiger partial charge in [-0.15, -0.1) is 0 Å². The van der Waals surface area contributed by atoms with Gasteiger partial charge in [0.2, 0.25) is 0 Å². The highest BCUT2D eigenvalue weighted by atomic mass is 16.5. The zero-order valence-corrected chi connectivity index (χ0v) is 9.54. The number of nitrogens with zero attached hydrogens (tertiary/aromatic N) is 1. The smallest absolute Gasteiger partial charge is 0.356 e. The molecule has 0 saturated carbocycles. The molecule has 0 aliphatic rings. The Balaban J connectivity index is 2.89. The van der Waals surface area contributed by atoms with Crippen LogP contribution in [0, 0.1) is 0 Å². The van der Waals surface area contributed by atoms with E-state index in [-0.39, 0.29) is 24.5 Å². The highest BCUT2D eigenvalue weighted by molar-refractivity contribution is 5.87. The summed E-state index contributed by atoms with van der Waals surface area (Å²) in [7, 11) is 0. The highest BCUT2D eigenvalue weighted by Crippen LogP contribution is 2.14. The minimum Gasteiger partial charge on any atom is -0.461 e. The number of esters is 1. The third-order valence-corrected chi connectivity index (χ3v) is 2.16. The quantitative estimate of drug-likeness (QED) is 0.605. The number of ether oxygens (including phenoxy) is 1. The number of aliphatic hydroxyl groups is 2. The van der Waals surface area contributed by atoms with Gasteiger partial charge in [-0.1, -0.05) is 6.07 Å². The molecule has 0 amide bonds. The summed E-state index contributed by atoms with van der Waals surface area (Å²) in [6.07, 6.45) is -2.32. The van der Waals surface area contributed by atoms with Gasteiger partial charge < -0.3 is 20.7 Å². The Labute approximate surface area is 99.0 Å². The summed E-state index contributed by atoms with van der Waals surface area (Å²) in [6.45, 7) is 1.85. The van der Waals surface area contributed by atoms with Gasteiger partial charge in [-0.25, -0.2) is 9.78 Å². The van der Waals surface area contributed by atoms with Gasteiger partial charge in [0.15, 0.2) is 0 Å². The van der Waals surface area contributed by atoms with E-state index in [2.05, 4.69) is 4.98 Å². The molecule has 0 spiro atoms. The molecule has 2 atom stereocenters. The average Bonchev–Trinajstić information content (AvgIpc) is 2.37. The molecule has 0 saturated heterocycles. The van der Waals surface area contributed by atoms with Gasteiger partial charge in [0.25, 0.3) is 0 Å². The Hall–Kier alpha value is -1.50. The summed E-state index contributed by atoms with van der Waals surface area (Å²) in [4.78, 5) is 15.3. The van der Waals surface area contributed by atoms with E-state index in [0.717, 1.165) is 0 Å². The second-order valence-electron chi connectivity index (χ2n) is 3.42. The molecule has 6 nitrogen and oxygen atoms in total. The minimum absolute atomic E-state index is 0.0904. The van der Waals surface area contributed by atoms with Crippen LogP contribution in [0.15, 0.2) is 18.2 Å². The number of aromatic nitrogens is 1. The highest BCUT2D eigenvalue weighted by Gasteiger charge is 2.19. The van der Waals surface area contributed by atoms with E-state index in [1.165, 1.54) is 12.1 Å². The van der Waals surface area contributed by atoms with E-state index in [9.17, 15) is 15.0 Å². The molecule has 0 bridgehead atoms. The Morgan fingerprint density at radius 2 is 2.24 bits per heavy atom. The maximum absolute atomic E-state index is 11.4. The zero-order chi connectivity index (χ0) is 12.8. The first kappa shape index (κ1) is 13.6. The van der Waals surface area contributed by atoms with Crippen molar-refractivity contribution >= 4 is 5.97 Å². The van der Waals surface area contributed by atoms with Crippen LogP contribution in [0.25, 0.3) is 0 Å². The Bertz CT molecular complexity index is 383. The first-order valence-electron chi connectivity index (χ1n) is 5.30. The van der Waals surface area contributed by atoms with Crippen LogP contribution in [0.4, 0.5) is 0 Å². The van der Waals surface area contributed by atoms with Gasteiger partial charge in [0.05, 0.1) is 18.4 Å². The lowest BCUT2D eigenvalue weighted by Gasteiger charge is -2.15. The normalized spacial score (nSPS) is 14.1. The second-order valence-corrected chi connectivity index (χ2v) is 3.42. The first-order valence-corrected chi connectivity index (χ1v) is 5.30. The fourth-order valence-corrected chi connectivity index (χ4v) is 1.26. The van der Waals surface area contributed by atoms with E-state index in [4.69, 9.17) is 10.5 Å². The van der Waals surface area contributed by atoms with Crippen molar-refractivity contribution in [1.82, 2.24) is 4.98 Å². The largest absolute Gasteiger partial charge is 0.461 e. The van der Waals surface area contributed by atoms with E-state index in [1.807, 2.05) is 0 Å². The molecule has 1 aromatic rings. The summed E-state index contributed by atoms with van der Waals surface area (Å²) >= 11 is 0. The molecule has 17 heavy (non-hydrogen) atoms. The Morgan fingerprint density at radius 1 is 1.53 bits per heavy atom. The van der Waals surface area contributed by atoms with Gasteiger partial charge in [-0.05, 0) is 19.1 Å². The molecule has 1 heterocycles. The van der Waals surface area contributed by atoms with Crippen LogP contribution in [0.5, 0.6) is 0 Å². The molecule has 0 radical (unpaired) electrons. The summed E-state index contributed by atoms with van der Waals surface area (Å²) in [5, 5.41) is 19.1. The molecule has 1 aromatic heterocycles. The summed E-state index contributed by atoms with van der Waals surface area (Å²) < 4.78 is 4.78. The summed E-state index contributed by atoms with van der Waals surface area (Å²) in [6, 6.07) is 4.54. The average molecular weight is 240 g/mol. The third-order valence-electron chi connectivity index (χ3n) is 2.16. The van der Waals surface area contributed by atoms with Crippen molar-refractivity contribution < 1.29 is 19.7 Å². The van der Waals surface area contributed by atoms with Crippen LogP contribution < -0.4 is 5.73 Å². The topological polar surface area (TPSA) is 106 Å². The molecule has 0 aromatic carbocycles. The van der Waals surface area contributed by atoms with Gasteiger partial charge in [-0.3, -0.25) is 0 Å². The lowest BCUT2D eigenvalue weighted by Crippen LogP contribution is -2.28. The molecule has 2 unspecified atom stereocenters. The van der Waals surface area contributed by atoms with Crippen molar-refractivity contribution in [2.45, 2.75) is 19.1 Å². The van der Waals surface area contributed by atoms with Gasteiger partial charge in [-0.2, -0.15) is 0 Å². The van der Waals surface area contributed by atoms with Gasteiger partial charge in [0.1, 0.15) is 11.8 Å². The molecule has 0 aliphatic carbocycles. The van der Waals surface area contributed by atoms with Crippen molar-refractivity contribution in [3.63, 3.8) is 0 Å². The maximum atomic E-state index is 11.4. The van der Waals surface area contributed by atoms with E-state index < -0.39 is 18.2 Å². The van der Waals surface area contributed by atoms with Crippen LogP contribution in [0.2, 0.25) is 0 Å². The number of carbonyl (C=O) groups is 1. The maximum Gasteiger partial charge on any atom is 0.356 e. The van der Waals surface area contributed by atoms with Crippen LogP contribution in [0.1, 0.15) is 29.2 Å². The number of carbonyl (C=O) groups excluding carboxylic acids is 1. The predicted octanol–water partition coefficient (Wildman–Crippen LogP) is -0.389. The van der Waals surface area contributed by atoms with Crippen molar-refractivity contribution in [1.29, 1.82) is 0 Å². The number of hydrogen-bond acceptors (Lipinski definition) is 6. The van der Waals surface area contributed by atoms with Crippen molar-refractivity contribution in [2.24, 2.45) is 5.73 Å². The minimum atomic E-state index is -1.21. The monoisotopic (exact) mass is 240 g/mol. The number of pyridine rings is 1.